The number of pyridine rings is 1. The lowest BCUT2D eigenvalue weighted by atomic mass is 10.1. The molecule has 1 saturated heterocycles. The summed E-state index contributed by atoms with van der Waals surface area (Å²) in [5.74, 6) is 1.38. The Morgan fingerprint density at radius 3 is 2.53 bits per heavy atom. The lowest BCUT2D eigenvalue weighted by molar-refractivity contribution is -0.119. The molecule has 3 heterocycles. The summed E-state index contributed by atoms with van der Waals surface area (Å²) in [7, 11) is 0. The van der Waals surface area contributed by atoms with Gasteiger partial charge in [-0.2, -0.15) is 4.98 Å². The largest absolute Gasteiger partial charge is 0.510 e. The van der Waals surface area contributed by atoms with Gasteiger partial charge in [-0.05, 0) is 67.6 Å². The van der Waals surface area contributed by atoms with Gasteiger partial charge >= 0.3 is 6.16 Å². The van der Waals surface area contributed by atoms with E-state index in [2.05, 4.69) is 71.1 Å². The summed E-state index contributed by atoms with van der Waals surface area (Å²) in [6.45, 7) is 10.1. The molecular weight excluding hydrogens is 544 g/mol. The average molecular weight is 589 g/mol. The second kappa shape index (κ2) is 15.0. The third-order valence-electron chi connectivity index (χ3n) is 8.15. The van der Waals surface area contributed by atoms with Gasteiger partial charge in [0.05, 0.1) is 13.2 Å². The summed E-state index contributed by atoms with van der Waals surface area (Å²) in [6, 6.07) is 18.9. The predicted octanol–water partition coefficient (Wildman–Crippen LogP) is 6.04. The highest BCUT2D eigenvalue weighted by Gasteiger charge is 2.27. The fourth-order valence-electron chi connectivity index (χ4n) is 5.71. The van der Waals surface area contributed by atoms with Crippen LogP contribution in [0.5, 0.6) is 5.88 Å². The van der Waals surface area contributed by atoms with Gasteiger partial charge in [0.1, 0.15) is 5.82 Å². The summed E-state index contributed by atoms with van der Waals surface area (Å²) in [5, 5.41) is 2.61. The first-order chi connectivity index (χ1) is 21.0. The fourth-order valence-corrected chi connectivity index (χ4v) is 5.71. The number of amides is 1. The molecule has 3 aromatic rings. The minimum atomic E-state index is -0.772. The lowest BCUT2D eigenvalue weighted by Crippen LogP contribution is -2.46. The Morgan fingerprint density at radius 1 is 0.884 bits per heavy atom. The smallest absolute Gasteiger partial charge is 0.478 e. The molecule has 2 aliphatic heterocycles. The number of ether oxygens (including phenoxy) is 3. The first-order valence-electron chi connectivity index (χ1n) is 15.7. The van der Waals surface area contributed by atoms with Gasteiger partial charge in [-0.1, -0.05) is 50.2 Å². The third kappa shape index (κ3) is 8.38. The summed E-state index contributed by atoms with van der Waals surface area (Å²) in [4.78, 5) is 35.7. The van der Waals surface area contributed by atoms with Crippen molar-refractivity contribution in [3.63, 3.8) is 0 Å². The quantitative estimate of drug-likeness (QED) is 0.177. The molecule has 1 aromatic heterocycles. The van der Waals surface area contributed by atoms with Crippen LogP contribution in [-0.4, -0.2) is 74.6 Å². The van der Waals surface area contributed by atoms with Crippen molar-refractivity contribution in [3.8, 4) is 5.88 Å². The highest BCUT2D eigenvalue weighted by Crippen LogP contribution is 2.29. The van der Waals surface area contributed by atoms with E-state index in [4.69, 9.17) is 14.2 Å². The zero-order valence-electron chi connectivity index (χ0n) is 25.5. The number of unbranched alkanes of at least 4 members (excludes halogenated alkanes) is 1. The fraction of sp³-hybridized carbons (Fsp3) is 0.500. The van der Waals surface area contributed by atoms with Crippen molar-refractivity contribution in [2.45, 2.75) is 52.4 Å². The summed E-state index contributed by atoms with van der Waals surface area (Å²) >= 11 is 0. The van der Waals surface area contributed by atoms with Crippen molar-refractivity contribution >= 4 is 34.3 Å². The van der Waals surface area contributed by atoms with Crippen LogP contribution in [0.15, 0.2) is 54.6 Å². The van der Waals surface area contributed by atoms with Crippen molar-refractivity contribution < 1.29 is 23.8 Å². The van der Waals surface area contributed by atoms with Crippen LogP contribution in [-0.2, 0) is 20.7 Å². The molecule has 0 saturated carbocycles. The zero-order chi connectivity index (χ0) is 30.0. The molecule has 1 fully saturated rings. The number of aromatic nitrogens is 1. The van der Waals surface area contributed by atoms with Crippen molar-refractivity contribution in [2.75, 3.05) is 62.5 Å². The molecule has 1 amide bonds. The Balaban J connectivity index is 1.03. The number of hydrogen-bond acceptors (Lipinski definition) is 8. The van der Waals surface area contributed by atoms with E-state index < -0.39 is 6.16 Å². The number of carbonyl (C=O) groups excluding carboxylic acids is 2. The van der Waals surface area contributed by atoms with Crippen LogP contribution in [0.4, 0.5) is 16.3 Å². The van der Waals surface area contributed by atoms with Gasteiger partial charge in [-0.15, -0.1) is 0 Å². The van der Waals surface area contributed by atoms with E-state index in [-0.39, 0.29) is 12.6 Å². The minimum absolute atomic E-state index is 0.134. The van der Waals surface area contributed by atoms with E-state index in [0.717, 1.165) is 64.0 Å². The van der Waals surface area contributed by atoms with Crippen LogP contribution in [0.1, 0.15) is 51.5 Å². The maximum atomic E-state index is 12.6. The molecule has 230 valence electrons. The molecule has 2 aromatic carbocycles. The molecule has 43 heavy (non-hydrogen) atoms. The van der Waals surface area contributed by atoms with E-state index >= 15 is 0 Å². The monoisotopic (exact) mass is 588 g/mol. The van der Waals surface area contributed by atoms with Crippen LogP contribution < -0.4 is 14.5 Å². The van der Waals surface area contributed by atoms with E-state index in [9.17, 15) is 9.59 Å². The Labute approximate surface area is 254 Å². The normalized spacial score (nSPS) is 15.6. The topological polar surface area (TPSA) is 84.4 Å². The summed E-state index contributed by atoms with van der Waals surface area (Å²) < 4.78 is 16.3. The van der Waals surface area contributed by atoms with Gasteiger partial charge in [0, 0.05) is 49.7 Å². The maximum Gasteiger partial charge on any atom is 0.510 e. The number of fused-ring (bicyclic) bond motifs is 2. The molecular formula is C34H44N4O5. The Kier molecular flexibility index (Phi) is 10.7. The van der Waals surface area contributed by atoms with Crippen LogP contribution in [0.3, 0.4) is 0 Å². The first-order valence-corrected chi connectivity index (χ1v) is 15.7. The van der Waals surface area contributed by atoms with Gasteiger partial charge in [-0.3, -0.25) is 14.6 Å². The number of piperazine rings is 1. The van der Waals surface area contributed by atoms with Gasteiger partial charge in [0.25, 0.3) is 0 Å². The van der Waals surface area contributed by atoms with Crippen molar-refractivity contribution in [2.24, 2.45) is 5.92 Å². The Bertz CT molecular complexity index is 1370. The van der Waals surface area contributed by atoms with Gasteiger partial charge in [-0.25, -0.2) is 4.79 Å². The molecule has 0 aliphatic carbocycles. The first kappa shape index (κ1) is 30.6. The van der Waals surface area contributed by atoms with E-state index in [1.165, 1.54) is 21.4 Å². The van der Waals surface area contributed by atoms with Gasteiger partial charge in [0.2, 0.25) is 11.8 Å². The molecule has 0 bridgehead atoms. The van der Waals surface area contributed by atoms with Crippen LogP contribution in [0.2, 0.25) is 0 Å². The Hall–Kier alpha value is -3.85. The standard InChI is InChI=1S/C34H44N4O5/c1-26(2)9-8-24-42-34(40)43-25-38-32(39)17-15-28-14-16-31(35-33(28)38)41-23-6-5-18-36-19-21-37(22-20-36)30-13-7-11-27-10-3-4-12-29(27)30/h3-4,7,10-14,16,26H,5-6,8-9,15,17-25H2,1-2H3. The van der Waals surface area contributed by atoms with Crippen LogP contribution >= 0.6 is 0 Å². The molecule has 0 radical (unpaired) electrons. The SMILES string of the molecule is CC(C)CCCOC(=O)OCN1C(=O)CCc2ccc(OCCCCN3CCN(c4cccc5ccccc45)CC3)nc21. The van der Waals surface area contributed by atoms with Crippen molar-refractivity contribution in [3.05, 3.63) is 60.2 Å². The van der Waals surface area contributed by atoms with E-state index in [0.29, 0.717) is 43.7 Å². The number of rotatable bonds is 13. The maximum absolute atomic E-state index is 12.6. The van der Waals surface area contributed by atoms with Crippen molar-refractivity contribution in [1.82, 2.24) is 9.88 Å². The van der Waals surface area contributed by atoms with Crippen molar-refractivity contribution in [1.29, 1.82) is 0 Å². The molecule has 9 nitrogen and oxygen atoms in total. The predicted molar refractivity (Wildman–Crippen MR) is 169 cm³/mol. The molecule has 0 unspecified atom stereocenters. The zero-order valence-corrected chi connectivity index (χ0v) is 25.5. The second-order valence-corrected chi connectivity index (χ2v) is 11.7. The van der Waals surface area contributed by atoms with Crippen LogP contribution in [0, 0.1) is 5.92 Å². The van der Waals surface area contributed by atoms with Gasteiger partial charge in [0.15, 0.2) is 6.73 Å². The van der Waals surface area contributed by atoms with Gasteiger partial charge < -0.3 is 19.1 Å². The highest BCUT2D eigenvalue weighted by molar-refractivity contribution is 5.95. The number of benzene rings is 2. The third-order valence-corrected chi connectivity index (χ3v) is 8.15. The second-order valence-electron chi connectivity index (χ2n) is 11.7. The summed E-state index contributed by atoms with van der Waals surface area (Å²) in [6.07, 6.45) is 3.88. The molecule has 0 spiro atoms. The minimum Gasteiger partial charge on any atom is -0.478 e. The Morgan fingerprint density at radius 2 is 1.70 bits per heavy atom. The number of aryl methyl sites for hydroxylation is 1. The number of hydrogen-bond donors (Lipinski definition) is 0. The molecule has 0 N–H and O–H groups in total. The molecule has 0 atom stereocenters. The molecule has 5 rings (SSSR count). The van der Waals surface area contributed by atoms with Crippen LogP contribution in [0.25, 0.3) is 10.8 Å². The number of carbonyl (C=O) groups is 2. The number of nitrogens with zero attached hydrogens (tertiary/aromatic N) is 4. The molecule has 2 aliphatic rings. The number of anilines is 2. The average Bonchev–Trinajstić information content (AvgIpc) is 3.02. The highest BCUT2D eigenvalue weighted by atomic mass is 16.7. The molecule has 9 heteroatoms. The van der Waals surface area contributed by atoms with E-state index in [1.807, 2.05) is 12.1 Å². The summed E-state index contributed by atoms with van der Waals surface area (Å²) in [5.41, 5.74) is 2.26. The van der Waals surface area contributed by atoms with E-state index in [1.54, 1.807) is 0 Å². The lowest BCUT2D eigenvalue weighted by Gasteiger charge is -2.36.